The third-order valence-electron chi connectivity index (χ3n) is 6.93. The van der Waals surface area contributed by atoms with Gasteiger partial charge in [-0.3, -0.25) is 4.79 Å². The molecule has 1 heterocycles. The average Bonchev–Trinajstić information content (AvgIpc) is 2.69. The summed E-state index contributed by atoms with van der Waals surface area (Å²) >= 11 is 0.980. The van der Waals surface area contributed by atoms with Crippen LogP contribution >= 0.6 is 11.9 Å². The van der Waals surface area contributed by atoms with E-state index >= 15 is 0 Å². The zero-order valence-corrected chi connectivity index (χ0v) is 21.7. The van der Waals surface area contributed by atoms with Gasteiger partial charge in [-0.05, 0) is 37.8 Å². The quantitative estimate of drug-likeness (QED) is 0.320. The van der Waals surface area contributed by atoms with Crippen LogP contribution in [0.3, 0.4) is 0 Å². The van der Waals surface area contributed by atoms with Crippen LogP contribution in [-0.4, -0.2) is 56.8 Å². The molecule has 0 unspecified atom stereocenters. The molecule has 6 nitrogen and oxygen atoms in total. The van der Waals surface area contributed by atoms with Crippen LogP contribution in [0, 0.1) is 23.2 Å². The van der Waals surface area contributed by atoms with Crippen molar-refractivity contribution in [3.05, 3.63) is 0 Å². The summed E-state index contributed by atoms with van der Waals surface area (Å²) in [5, 5.41) is 9.13. The molecule has 0 radical (unpaired) electrons. The lowest BCUT2D eigenvalue weighted by Crippen LogP contribution is -2.55. The first-order valence-electron chi connectivity index (χ1n) is 12.9. The van der Waals surface area contributed by atoms with Gasteiger partial charge in [0.05, 0.1) is 31.3 Å². The van der Waals surface area contributed by atoms with Crippen molar-refractivity contribution in [1.29, 1.82) is 1.34 Å². The first-order valence-corrected chi connectivity index (χ1v) is 13.1. The van der Waals surface area contributed by atoms with Gasteiger partial charge in [-0.15, -0.1) is 0 Å². The summed E-state index contributed by atoms with van der Waals surface area (Å²) in [6.45, 7) is 14.5. The van der Waals surface area contributed by atoms with Crippen molar-refractivity contribution in [3.63, 3.8) is 0 Å². The summed E-state index contributed by atoms with van der Waals surface area (Å²) in [4.78, 5) is 11.1. The minimum absolute atomic E-state index is 0.0227. The molecule has 6 atom stereocenters. The number of hydrogen-bond acceptors (Lipinski definition) is 6. The monoisotopic (exact) mass is 474 g/mol. The molecule has 8 heteroatoms. The molecular weight excluding hydrogens is 427 g/mol. The Morgan fingerprint density at radius 3 is 2.72 bits per heavy atom. The molecule has 0 aromatic heterocycles. The van der Waals surface area contributed by atoms with E-state index in [1.807, 2.05) is 0 Å². The van der Waals surface area contributed by atoms with Gasteiger partial charge in [0.1, 0.15) is 0 Å². The molecule has 1 saturated heterocycles. The third-order valence-corrected chi connectivity index (χ3v) is 7.34. The number of rotatable bonds is 12. The van der Waals surface area contributed by atoms with E-state index in [9.17, 15) is 4.79 Å². The summed E-state index contributed by atoms with van der Waals surface area (Å²) in [5.41, 5.74) is -0.0782. The number of hydrogen-bond donors (Lipinski definition) is 1. The SMILES string of the molecule is [3H]BSO[C@H](CCO[C@@H](C[C@@H]1CCO[C@@]2(C[C@H](C)CC[C@H]2C(C)C)O1)C(C)(C)C)CC(=O)O. The van der Waals surface area contributed by atoms with Gasteiger partial charge in [0.15, 0.2) is 5.79 Å². The van der Waals surface area contributed by atoms with Crippen molar-refractivity contribution < 1.29 is 28.3 Å². The zero-order valence-electron chi connectivity index (χ0n) is 21.9. The lowest BCUT2D eigenvalue weighted by Gasteiger charge is -2.52. The molecule has 2 fully saturated rings. The first-order chi connectivity index (χ1) is 15.5. The molecule has 0 bridgehead atoms. The highest BCUT2D eigenvalue weighted by atomic mass is 32.2. The van der Waals surface area contributed by atoms with Crippen LogP contribution in [0.15, 0.2) is 0 Å². The van der Waals surface area contributed by atoms with Crippen molar-refractivity contribution in [2.45, 2.75) is 111 Å². The molecule has 2 rings (SSSR count). The summed E-state index contributed by atoms with van der Waals surface area (Å²) < 4.78 is 32.2. The first kappa shape index (κ1) is 26.3. The Hall–Kier alpha value is -0.275. The topological polar surface area (TPSA) is 74.2 Å². The maximum atomic E-state index is 11.1. The van der Waals surface area contributed by atoms with Crippen LogP contribution < -0.4 is 0 Å². The highest BCUT2D eigenvalue weighted by Crippen LogP contribution is 2.47. The Morgan fingerprint density at radius 1 is 1.34 bits per heavy atom. The van der Waals surface area contributed by atoms with Gasteiger partial charge in [-0.25, -0.2) is 0 Å². The Kier molecular flexibility index (Phi) is 10.2. The molecular formula is C24H45BO6S. The normalized spacial score (nSPS) is 31.3. The van der Waals surface area contributed by atoms with Crippen LogP contribution in [0.1, 0.15) is 86.5 Å². The molecule has 0 amide bonds. The van der Waals surface area contributed by atoms with E-state index in [0.717, 1.165) is 44.2 Å². The molecule has 1 N–H and O–H groups in total. The van der Waals surface area contributed by atoms with E-state index in [4.69, 9.17) is 24.8 Å². The zero-order chi connectivity index (χ0) is 24.6. The van der Waals surface area contributed by atoms with Gasteiger partial charge >= 0.3 is 5.97 Å². The second-order valence-corrected chi connectivity index (χ2v) is 11.5. The largest absolute Gasteiger partial charge is 0.481 e. The number of aliphatic carboxylic acids is 1. The van der Waals surface area contributed by atoms with E-state index in [0.29, 0.717) is 30.8 Å². The number of carbonyl (C=O) groups is 1. The molecule has 0 aromatic rings. The van der Waals surface area contributed by atoms with Gasteiger partial charge < -0.3 is 23.5 Å². The Morgan fingerprint density at radius 2 is 2.09 bits per heavy atom. The van der Waals surface area contributed by atoms with E-state index in [1.54, 1.807) is 0 Å². The minimum atomic E-state index is -0.903. The molecule has 32 heavy (non-hydrogen) atoms. The highest BCUT2D eigenvalue weighted by molar-refractivity contribution is 8.15. The second-order valence-electron chi connectivity index (χ2n) is 11.1. The van der Waals surface area contributed by atoms with Gasteiger partial charge in [-0.2, -0.15) is 0 Å². The number of carboxylic acid groups (broad SMARTS) is 1. The van der Waals surface area contributed by atoms with Crippen molar-refractivity contribution in [2.24, 2.45) is 23.2 Å². The van der Waals surface area contributed by atoms with E-state index in [2.05, 4.69) is 41.5 Å². The molecule has 1 aliphatic carbocycles. The van der Waals surface area contributed by atoms with Crippen LogP contribution in [0.25, 0.3) is 0 Å². The lowest BCUT2D eigenvalue weighted by atomic mass is 9.72. The van der Waals surface area contributed by atoms with Crippen LogP contribution in [0.2, 0.25) is 0 Å². The van der Waals surface area contributed by atoms with Crippen molar-refractivity contribution >= 4 is 25.0 Å². The van der Waals surface area contributed by atoms with Crippen LogP contribution in [-0.2, 0) is 23.2 Å². The minimum Gasteiger partial charge on any atom is -0.481 e. The lowest BCUT2D eigenvalue weighted by molar-refractivity contribution is -0.342. The van der Waals surface area contributed by atoms with Crippen LogP contribution in [0.5, 0.6) is 0 Å². The maximum absolute atomic E-state index is 11.1. The van der Waals surface area contributed by atoms with Gasteiger partial charge in [-0.1, -0.05) is 59.9 Å². The second kappa shape index (κ2) is 12.4. The summed E-state index contributed by atoms with van der Waals surface area (Å²) in [5.74, 6) is 0.138. The smallest absolute Gasteiger partial charge is 0.306 e. The Balaban J connectivity index is 2.00. The van der Waals surface area contributed by atoms with E-state index < -0.39 is 17.9 Å². The Bertz CT molecular complexity index is 604. The third kappa shape index (κ3) is 8.19. The molecule has 1 aliphatic heterocycles. The summed E-state index contributed by atoms with van der Waals surface area (Å²) in [7, 11) is 0.0421. The fourth-order valence-electron chi connectivity index (χ4n) is 5.20. The predicted molar refractivity (Wildman–Crippen MR) is 131 cm³/mol. The van der Waals surface area contributed by atoms with Gasteiger partial charge in [0, 0.05) is 25.4 Å². The van der Waals surface area contributed by atoms with Crippen molar-refractivity contribution in [1.82, 2.24) is 0 Å². The van der Waals surface area contributed by atoms with Gasteiger partial charge in [0.25, 0.3) is 0 Å². The summed E-state index contributed by atoms with van der Waals surface area (Å²) in [6, 6.07) is 0. The molecule has 0 aromatic carbocycles. The average molecular weight is 475 g/mol. The van der Waals surface area contributed by atoms with E-state index in [-0.39, 0.29) is 31.1 Å². The summed E-state index contributed by atoms with van der Waals surface area (Å²) in [6.07, 6.45) is 4.98. The molecule has 2 aliphatic rings. The number of carboxylic acids is 1. The molecule has 1 spiro atoms. The standard InChI is InChI=1S/C24H45BO6S/c1-16(2)20-8-7-17(3)15-24(20)29-12-10-18(30-24)13-21(23(4,5)6)28-11-9-19(31-32-25)14-22(26)27/h16-21H,7-15,25H2,1-6H3,(H,26,27)/t17-,18+,19-,20+,21+,24+/m1/s1/i25T. The van der Waals surface area contributed by atoms with Crippen molar-refractivity contribution in [3.8, 4) is 0 Å². The maximum Gasteiger partial charge on any atom is 0.306 e. The van der Waals surface area contributed by atoms with Gasteiger partial charge in [0.2, 0.25) is 7.09 Å². The molecule has 186 valence electrons. The molecule has 1 saturated carbocycles. The predicted octanol–water partition coefficient (Wildman–Crippen LogP) is 4.85. The fraction of sp³-hybridized carbons (Fsp3) is 0.958. The van der Waals surface area contributed by atoms with E-state index in [1.165, 1.54) is 6.42 Å². The van der Waals surface area contributed by atoms with Crippen molar-refractivity contribution in [2.75, 3.05) is 13.2 Å². The fourth-order valence-corrected chi connectivity index (χ4v) is 5.55. The highest BCUT2D eigenvalue weighted by Gasteiger charge is 2.50. The van der Waals surface area contributed by atoms with Crippen LogP contribution in [0.4, 0.5) is 0 Å². The number of ether oxygens (including phenoxy) is 3. The Labute approximate surface area is 201 Å².